The highest BCUT2D eigenvalue weighted by molar-refractivity contribution is 6.23. The molecule has 5 rings (SSSR count). The van der Waals surface area contributed by atoms with Gasteiger partial charge in [0.25, 0.3) is 0 Å². The van der Waals surface area contributed by atoms with Crippen LogP contribution in [0.3, 0.4) is 0 Å². The SMILES string of the molecule is COc1ccc2c(c1)nc(C1=C(O)CN(CCc3cn(C)c4ccccc34)C1=N)n2C. The number of imidazole rings is 1. The number of nitrogens with one attached hydrogen (secondary N) is 1. The van der Waals surface area contributed by atoms with Gasteiger partial charge in [0.05, 0.1) is 30.3 Å². The Morgan fingerprint density at radius 3 is 2.74 bits per heavy atom. The lowest BCUT2D eigenvalue weighted by Crippen LogP contribution is -2.29. The third-order valence-corrected chi connectivity index (χ3v) is 6.12. The fourth-order valence-corrected chi connectivity index (χ4v) is 4.47. The quantitative estimate of drug-likeness (QED) is 0.519. The topological polar surface area (TPSA) is 79.3 Å². The number of aromatic nitrogens is 3. The second-order valence-electron chi connectivity index (χ2n) is 7.97. The van der Waals surface area contributed by atoms with Gasteiger partial charge in [0.15, 0.2) is 0 Å². The molecule has 2 aromatic carbocycles. The van der Waals surface area contributed by atoms with Crippen LogP contribution in [-0.4, -0.2) is 50.2 Å². The van der Waals surface area contributed by atoms with E-state index < -0.39 is 0 Å². The minimum Gasteiger partial charge on any atom is -0.510 e. The summed E-state index contributed by atoms with van der Waals surface area (Å²) < 4.78 is 9.35. The van der Waals surface area contributed by atoms with Crippen LogP contribution in [0.4, 0.5) is 0 Å². The first-order valence-corrected chi connectivity index (χ1v) is 10.3. The van der Waals surface area contributed by atoms with Gasteiger partial charge in [-0.25, -0.2) is 4.98 Å². The Morgan fingerprint density at radius 2 is 1.94 bits per heavy atom. The Labute approximate surface area is 180 Å². The highest BCUT2D eigenvalue weighted by Gasteiger charge is 2.31. The zero-order valence-electron chi connectivity index (χ0n) is 17.9. The maximum atomic E-state index is 10.7. The van der Waals surface area contributed by atoms with Gasteiger partial charge in [0.1, 0.15) is 23.2 Å². The summed E-state index contributed by atoms with van der Waals surface area (Å²) in [6, 6.07) is 14.0. The molecule has 0 radical (unpaired) electrons. The minimum absolute atomic E-state index is 0.188. The fraction of sp³-hybridized carbons (Fsp3) is 0.250. The van der Waals surface area contributed by atoms with Gasteiger partial charge in [-0.3, -0.25) is 5.41 Å². The third-order valence-electron chi connectivity index (χ3n) is 6.12. The van der Waals surface area contributed by atoms with Crippen molar-refractivity contribution in [1.82, 2.24) is 19.0 Å². The number of para-hydroxylation sites is 1. The first-order valence-electron chi connectivity index (χ1n) is 10.3. The standard InChI is InChI=1S/C24H25N5O2/c1-27-13-15(17-6-4-5-7-19(17)27)10-11-29-14-21(30)22(23(29)25)24-26-18-12-16(31-3)8-9-20(18)28(24)2/h4-9,12-13,25,30H,10-11,14H2,1-3H3. The summed E-state index contributed by atoms with van der Waals surface area (Å²) in [5, 5.41) is 20.7. The summed E-state index contributed by atoms with van der Waals surface area (Å²) in [6.07, 6.45) is 2.95. The number of hydrogen-bond donors (Lipinski definition) is 2. The van der Waals surface area contributed by atoms with Crippen molar-refractivity contribution in [2.45, 2.75) is 6.42 Å². The maximum Gasteiger partial charge on any atom is 0.148 e. The van der Waals surface area contributed by atoms with Crippen LogP contribution in [-0.2, 0) is 20.5 Å². The van der Waals surface area contributed by atoms with E-state index in [2.05, 4.69) is 36.0 Å². The van der Waals surface area contributed by atoms with E-state index in [0.29, 0.717) is 30.3 Å². The highest BCUT2D eigenvalue weighted by Crippen LogP contribution is 2.30. The number of benzene rings is 2. The molecule has 0 bridgehead atoms. The van der Waals surface area contributed by atoms with Crippen LogP contribution in [0.25, 0.3) is 27.5 Å². The van der Waals surface area contributed by atoms with Gasteiger partial charge < -0.3 is 23.9 Å². The maximum absolute atomic E-state index is 10.7. The van der Waals surface area contributed by atoms with E-state index in [1.165, 1.54) is 16.5 Å². The number of aryl methyl sites for hydroxylation is 2. The zero-order valence-corrected chi connectivity index (χ0v) is 17.9. The summed E-state index contributed by atoms with van der Waals surface area (Å²) in [7, 11) is 5.58. The van der Waals surface area contributed by atoms with Crippen molar-refractivity contribution in [3.05, 3.63) is 65.8 Å². The number of amidine groups is 1. The molecule has 4 aromatic rings. The predicted molar refractivity (Wildman–Crippen MR) is 123 cm³/mol. The largest absolute Gasteiger partial charge is 0.510 e. The Morgan fingerprint density at radius 1 is 1.13 bits per heavy atom. The van der Waals surface area contributed by atoms with Crippen molar-refractivity contribution in [1.29, 1.82) is 5.41 Å². The summed E-state index contributed by atoms with van der Waals surface area (Å²) >= 11 is 0. The number of hydrogen-bond acceptors (Lipinski definition) is 4. The molecular weight excluding hydrogens is 390 g/mol. The molecule has 0 fully saturated rings. The van der Waals surface area contributed by atoms with Crippen LogP contribution in [0.2, 0.25) is 0 Å². The van der Waals surface area contributed by atoms with Gasteiger partial charge in [-0.2, -0.15) is 0 Å². The molecule has 1 aliphatic heterocycles. The first kappa shape index (κ1) is 19.2. The Hall–Kier alpha value is -3.74. The molecule has 7 heteroatoms. The fourth-order valence-electron chi connectivity index (χ4n) is 4.47. The van der Waals surface area contributed by atoms with Crippen LogP contribution in [0, 0.1) is 5.41 Å². The molecule has 0 spiro atoms. The van der Waals surface area contributed by atoms with E-state index in [0.717, 1.165) is 23.2 Å². The number of fused-ring (bicyclic) bond motifs is 2. The van der Waals surface area contributed by atoms with Crippen molar-refractivity contribution in [3.63, 3.8) is 0 Å². The van der Waals surface area contributed by atoms with E-state index in [1.807, 2.05) is 40.8 Å². The second kappa shape index (κ2) is 7.19. The monoisotopic (exact) mass is 415 g/mol. The second-order valence-corrected chi connectivity index (χ2v) is 7.97. The first-order chi connectivity index (χ1) is 15.0. The van der Waals surface area contributed by atoms with Gasteiger partial charge in [-0.1, -0.05) is 18.2 Å². The lowest BCUT2D eigenvalue weighted by Gasteiger charge is -2.18. The van der Waals surface area contributed by atoms with Gasteiger partial charge >= 0.3 is 0 Å². The molecule has 0 saturated heterocycles. The summed E-state index contributed by atoms with van der Waals surface area (Å²) in [6.45, 7) is 0.976. The molecule has 2 aromatic heterocycles. The summed E-state index contributed by atoms with van der Waals surface area (Å²) in [5.41, 5.74) is 4.65. The Kier molecular flexibility index (Phi) is 4.46. The Bertz CT molecular complexity index is 1360. The molecule has 158 valence electrons. The predicted octanol–water partition coefficient (Wildman–Crippen LogP) is 3.88. The summed E-state index contributed by atoms with van der Waals surface area (Å²) in [4.78, 5) is 6.60. The minimum atomic E-state index is 0.188. The normalized spacial score (nSPS) is 14.4. The average molecular weight is 415 g/mol. The van der Waals surface area contributed by atoms with Crippen molar-refractivity contribution >= 4 is 33.3 Å². The van der Waals surface area contributed by atoms with E-state index in [-0.39, 0.29) is 5.76 Å². The Balaban J connectivity index is 1.40. The molecular formula is C24H25N5O2. The molecule has 1 aliphatic rings. The van der Waals surface area contributed by atoms with Crippen LogP contribution in [0.1, 0.15) is 11.4 Å². The van der Waals surface area contributed by atoms with E-state index in [9.17, 15) is 5.11 Å². The number of rotatable bonds is 5. The number of aliphatic hydroxyl groups is 1. The number of nitrogens with zero attached hydrogens (tertiary/aromatic N) is 4. The number of ether oxygens (including phenoxy) is 1. The number of methoxy groups -OCH3 is 1. The molecule has 0 amide bonds. The molecule has 7 nitrogen and oxygen atoms in total. The molecule has 3 heterocycles. The lowest BCUT2D eigenvalue weighted by atomic mass is 10.1. The van der Waals surface area contributed by atoms with Crippen LogP contribution in [0.5, 0.6) is 5.75 Å². The van der Waals surface area contributed by atoms with Gasteiger partial charge in [0.2, 0.25) is 0 Å². The summed E-state index contributed by atoms with van der Waals surface area (Å²) in [5.74, 6) is 1.82. The van der Waals surface area contributed by atoms with Crippen LogP contribution < -0.4 is 4.74 Å². The van der Waals surface area contributed by atoms with Gasteiger partial charge in [0, 0.05) is 43.8 Å². The molecule has 0 aliphatic carbocycles. The smallest absolute Gasteiger partial charge is 0.148 e. The lowest BCUT2D eigenvalue weighted by molar-refractivity contribution is 0.351. The van der Waals surface area contributed by atoms with Crippen LogP contribution >= 0.6 is 0 Å². The molecule has 0 atom stereocenters. The van der Waals surface area contributed by atoms with E-state index >= 15 is 0 Å². The van der Waals surface area contributed by atoms with Crippen molar-refractivity contribution in [3.8, 4) is 5.75 Å². The van der Waals surface area contributed by atoms with Crippen molar-refractivity contribution in [2.24, 2.45) is 14.1 Å². The zero-order chi connectivity index (χ0) is 21.7. The van der Waals surface area contributed by atoms with E-state index in [1.54, 1.807) is 7.11 Å². The van der Waals surface area contributed by atoms with Gasteiger partial charge in [-0.15, -0.1) is 0 Å². The van der Waals surface area contributed by atoms with E-state index in [4.69, 9.17) is 15.1 Å². The molecule has 2 N–H and O–H groups in total. The average Bonchev–Trinajstić information content (AvgIpc) is 3.37. The van der Waals surface area contributed by atoms with Crippen molar-refractivity contribution in [2.75, 3.05) is 20.2 Å². The van der Waals surface area contributed by atoms with Crippen LogP contribution in [0.15, 0.2) is 54.4 Å². The van der Waals surface area contributed by atoms with Crippen molar-refractivity contribution < 1.29 is 9.84 Å². The third kappa shape index (κ3) is 3.04. The molecule has 31 heavy (non-hydrogen) atoms. The number of aliphatic hydroxyl groups excluding tert-OH is 1. The molecule has 0 unspecified atom stereocenters. The molecule has 0 saturated carbocycles. The van der Waals surface area contributed by atoms with Gasteiger partial charge in [-0.05, 0) is 30.2 Å². The highest BCUT2D eigenvalue weighted by atomic mass is 16.5.